The first-order valence-electron chi connectivity index (χ1n) is 12.6. The Labute approximate surface area is 238 Å². The zero-order valence-corrected chi connectivity index (χ0v) is 22.2. The molecule has 1 aliphatic heterocycles. The summed E-state index contributed by atoms with van der Waals surface area (Å²) in [5.74, 6) is -5.48. The fourth-order valence-electron chi connectivity index (χ4n) is 4.84. The Bertz CT molecular complexity index is 1490. The third kappa shape index (κ3) is 6.96. The number of anilines is 3. The van der Waals surface area contributed by atoms with Gasteiger partial charge >= 0.3 is 6.18 Å². The number of nitriles is 1. The number of amides is 3. The molecule has 1 heterocycles. The summed E-state index contributed by atoms with van der Waals surface area (Å²) in [7, 11) is 0. The highest BCUT2D eigenvalue weighted by Gasteiger charge is 2.40. The summed E-state index contributed by atoms with van der Waals surface area (Å²) < 4.78 is 39.8. The molecule has 3 atom stereocenters. The molecule has 0 bridgehead atoms. The predicted octanol–water partition coefficient (Wildman–Crippen LogP) is 5.01. The van der Waals surface area contributed by atoms with Crippen LogP contribution in [0.3, 0.4) is 0 Å². The molecular weight excluding hydrogens is 559 g/mol. The van der Waals surface area contributed by atoms with E-state index >= 15 is 0 Å². The van der Waals surface area contributed by atoms with E-state index in [1.807, 2.05) is 6.07 Å². The van der Waals surface area contributed by atoms with Crippen LogP contribution in [0.15, 0.2) is 72.8 Å². The molecule has 0 radical (unpaired) electrons. The molecule has 0 aliphatic carbocycles. The quantitative estimate of drug-likeness (QED) is 0.343. The maximum atomic E-state index is 13.6. The summed E-state index contributed by atoms with van der Waals surface area (Å²) in [6.07, 6.45) is -6.67. The first-order valence-corrected chi connectivity index (χ1v) is 12.9. The van der Waals surface area contributed by atoms with Gasteiger partial charge < -0.3 is 21.3 Å². The van der Waals surface area contributed by atoms with Crippen molar-refractivity contribution < 1.29 is 27.6 Å². The average molecular weight is 584 g/mol. The summed E-state index contributed by atoms with van der Waals surface area (Å²) in [5, 5.41) is 14.9. The number of nitrogens with two attached hydrogens (primary N) is 1. The number of nitrogens with one attached hydrogen (secondary N) is 2. The van der Waals surface area contributed by atoms with Crippen LogP contribution in [0.25, 0.3) is 0 Å². The number of alkyl halides is 3. The number of nitrogens with zero attached hydrogens (tertiary/aromatic N) is 2. The van der Waals surface area contributed by atoms with Crippen LogP contribution < -0.4 is 21.3 Å². The van der Waals surface area contributed by atoms with Crippen LogP contribution in [0, 0.1) is 17.2 Å². The molecule has 0 aromatic heterocycles. The van der Waals surface area contributed by atoms with Gasteiger partial charge in [-0.05, 0) is 42.3 Å². The van der Waals surface area contributed by atoms with Gasteiger partial charge in [-0.3, -0.25) is 14.4 Å². The minimum absolute atomic E-state index is 0.154. The Morgan fingerprint density at radius 3 is 2.49 bits per heavy atom. The first kappa shape index (κ1) is 29.4. The monoisotopic (exact) mass is 583 g/mol. The lowest BCUT2D eigenvalue weighted by Gasteiger charge is -2.29. The predicted molar refractivity (Wildman–Crippen MR) is 147 cm³/mol. The molecule has 3 aromatic carbocycles. The van der Waals surface area contributed by atoms with E-state index in [1.165, 1.54) is 12.1 Å². The second-order valence-corrected chi connectivity index (χ2v) is 9.92. The summed E-state index contributed by atoms with van der Waals surface area (Å²) in [5.41, 5.74) is 7.47. The van der Waals surface area contributed by atoms with Crippen molar-refractivity contribution in [2.24, 2.45) is 11.7 Å². The molecule has 3 aromatic rings. The van der Waals surface area contributed by atoms with E-state index in [-0.39, 0.29) is 22.8 Å². The minimum atomic E-state index is -4.60. The zero-order valence-electron chi connectivity index (χ0n) is 21.5. The third-order valence-electron chi connectivity index (χ3n) is 6.76. The second kappa shape index (κ2) is 12.3. The van der Waals surface area contributed by atoms with Gasteiger partial charge in [0.1, 0.15) is 6.04 Å². The molecule has 0 fully saturated rings. The van der Waals surface area contributed by atoms with Gasteiger partial charge in [0.25, 0.3) is 0 Å². The van der Waals surface area contributed by atoms with Gasteiger partial charge in [-0.1, -0.05) is 54.1 Å². The number of halogens is 4. The van der Waals surface area contributed by atoms with Gasteiger partial charge in [0.2, 0.25) is 17.7 Å². The van der Waals surface area contributed by atoms with Crippen LogP contribution in [-0.4, -0.2) is 36.5 Å². The number of carbonyl (C=O) groups excluding carboxylic acids is 3. The zero-order chi connectivity index (χ0) is 29.7. The second-order valence-electron chi connectivity index (χ2n) is 9.51. The molecule has 4 N–H and O–H groups in total. The maximum absolute atomic E-state index is 13.6. The Kier molecular flexibility index (Phi) is 8.83. The van der Waals surface area contributed by atoms with Crippen molar-refractivity contribution in [3.63, 3.8) is 0 Å². The molecule has 212 valence electrons. The van der Waals surface area contributed by atoms with Crippen molar-refractivity contribution in [2.45, 2.75) is 31.0 Å². The number of rotatable bonds is 8. The fraction of sp³-hybridized carbons (Fsp3) is 0.241. The standard InChI is InChI=1S/C29H25ClF3N5O3/c30-21-10-5-11-23-25(21)37-28(41)22(16-38(23)19-9-4-6-17(14-19)15-34)36-27(40)20(12-13-29(31,32)33)24(26(35)39)18-7-2-1-3-8-18/h1-11,14,20,22,24H,12-13,16H2,(H2,35,39)(H,36,40)(H,37,41). The number of benzene rings is 3. The Morgan fingerprint density at radius 2 is 1.83 bits per heavy atom. The molecule has 3 unspecified atom stereocenters. The molecule has 12 heteroatoms. The maximum Gasteiger partial charge on any atom is 0.389 e. The summed E-state index contributed by atoms with van der Waals surface area (Å²) in [6.45, 7) is -0.154. The van der Waals surface area contributed by atoms with Crippen LogP contribution in [-0.2, 0) is 14.4 Å². The summed E-state index contributed by atoms with van der Waals surface area (Å²) in [6, 6.07) is 20.0. The number of carbonyl (C=O) groups is 3. The van der Waals surface area contributed by atoms with Gasteiger partial charge in [0, 0.05) is 12.1 Å². The van der Waals surface area contributed by atoms with E-state index in [0.29, 0.717) is 16.9 Å². The third-order valence-corrected chi connectivity index (χ3v) is 7.07. The fourth-order valence-corrected chi connectivity index (χ4v) is 5.05. The van der Waals surface area contributed by atoms with Gasteiger partial charge in [0.15, 0.2) is 0 Å². The van der Waals surface area contributed by atoms with Crippen LogP contribution in [0.5, 0.6) is 0 Å². The largest absolute Gasteiger partial charge is 0.389 e. The highest BCUT2D eigenvalue weighted by molar-refractivity contribution is 6.34. The van der Waals surface area contributed by atoms with Gasteiger partial charge in [0.05, 0.1) is 46.4 Å². The molecule has 3 amide bonds. The van der Waals surface area contributed by atoms with Crippen molar-refractivity contribution >= 4 is 46.4 Å². The van der Waals surface area contributed by atoms with Gasteiger partial charge in [-0.2, -0.15) is 18.4 Å². The lowest BCUT2D eigenvalue weighted by Crippen LogP contribution is -2.51. The molecule has 41 heavy (non-hydrogen) atoms. The van der Waals surface area contributed by atoms with Crippen molar-refractivity contribution in [1.82, 2.24) is 5.32 Å². The molecular formula is C29H25ClF3N5O3. The molecule has 0 saturated heterocycles. The van der Waals surface area contributed by atoms with E-state index in [1.54, 1.807) is 65.6 Å². The average Bonchev–Trinajstić information content (AvgIpc) is 3.07. The minimum Gasteiger partial charge on any atom is -0.369 e. The van der Waals surface area contributed by atoms with Crippen molar-refractivity contribution in [2.75, 3.05) is 16.8 Å². The molecule has 4 rings (SSSR count). The topological polar surface area (TPSA) is 128 Å². The van der Waals surface area contributed by atoms with E-state index in [0.717, 1.165) is 0 Å². The van der Waals surface area contributed by atoms with Crippen LogP contribution >= 0.6 is 11.6 Å². The van der Waals surface area contributed by atoms with Crippen LogP contribution in [0.2, 0.25) is 5.02 Å². The Balaban J connectivity index is 1.71. The number of para-hydroxylation sites is 1. The number of primary amides is 1. The smallest absolute Gasteiger partial charge is 0.369 e. The summed E-state index contributed by atoms with van der Waals surface area (Å²) in [4.78, 5) is 41.1. The SMILES string of the molecule is N#Cc1cccc(N2CC(NC(=O)C(CCC(F)(F)F)C(C(N)=O)c3ccccc3)C(=O)Nc3c(Cl)cccc32)c1. The van der Waals surface area contributed by atoms with Crippen LogP contribution in [0.1, 0.15) is 29.9 Å². The van der Waals surface area contributed by atoms with E-state index < -0.39 is 54.6 Å². The van der Waals surface area contributed by atoms with Crippen LogP contribution in [0.4, 0.5) is 30.2 Å². The highest BCUT2D eigenvalue weighted by atomic mass is 35.5. The van der Waals surface area contributed by atoms with E-state index in [2.05, 4.69) is 10.6 Å². The Morgan fingerprint density at radius 1 is 1.12 bits per heavy atom. The Hall–Kier alpha value is -4.56. The number of hydrogen-bond donors (Lipinski definition) is 3. The highest BCUT2D eigenvalue weighted by Crippen LogP contribution is 2.39. The molecule has 8 nitrogen and oxygen atoms in total. The molecule has 0 saturated carbocycles. The van der Waals surface area contributed by atoms with E-state index in [9.17, 15) is 32.8 Å². The normalized spacial score (nSPS) is 16.4. The van der Waals surface area contributed by atoms with Gasteiger partial charge in [-0.15, -0.1) is 0 Å². The lowest BCUT2D eigenvalue weighted by atomic mass is 9.81. The number of fused-ring (bicyclic) bond motifs is 1. The number of hydrogen-bond acceptors (Lipinski definition) is 5. The lowest BCUT2D eigenvalue weighted by molar-refractivity contribution is -0.144. The van der Waals surface area contributed by atoms with Gasteiger partial charge in [-0.25, -0.2) is 0 Å². The van der Waals surface area contributed by atoms with Crippen molar-refractivity contribution in [3.05, 3.63) is 88.9 Å². The first-order chi connectivity index (χ1) is 19.5. The molecule has 1 aliphatic rings. The van der Waals surface area contributed by atoms with Crippen molar-refractivity contribution in [3.8, 4) is 6.07 Å². The summed E-state index contributed by atoms with van der Waals surface area (Å²) >= 11 is 6.38. The molecule has 0 spiro atoms. The van der Waals surface area contributed by atoms with Crippen molar-refractivity contribution in [1.29, 1.82) is 5.26 Å². The van der Waals surface area contributed by atoms with E-state index in [4.69, 9.17) is 17.3 Å².